The second kappa shape index (κ2) is 9.22. The number of hydrogen-bond donors (Lipinski definition) is 0. The Bertz CT molecular complexity index is 1560. The average Bonchev–Trinajstić information content (AvgIpc) is 3.20. The number of amides is 1. The Kier molecular flexibility index (Phi) is 5.93. The standard InChI is InChI=1S/C28H22FNO6/c1-4-12-35-22-10-8-16(13-23(22)34-3)25-24-26(31)20-14-17(29)9-11-21(20)36-27(24)28(32)30(25)18-6-5-7-19(15-18)33-2/h4-11,13-15,25H,1,12H2,2-3H3. The largest absolute Gasteiger partial charge is 0.497 e. The van der Waals surface area contributed by atoms with Gasteiger partial charge in [0.1, 0.15) is 23.8 Å². The summed E-state index contributed by atoms with van der Waals surface area (Å²) in [4.78, 5) is 28.8. The Hall–Kier alpha value is -4.59. The van der Waals surface area contributed by atoms with E-state index in [0.717, 1.165) is 6.07 Å². The minimum Gasteiger partial charge on any atom is -0.497 e. The van der Waals surface area contributed by atoms with Crippen LogP contribution in [0.15, 0.2) is 82.5 Å². The number of ether oxygens (including phenoxy) is 3. The molecule has 2 heterocycles. The third kappa shape index (κ3) is 3.76. The van der Waals surface area contributed by atoms with Crippen LogP contribution in [0.2, 0.25) is 0 Å². The first kappa shape index (κ1) is 23.2. The molecular weight excluding hydrogens is 465 g/mol. The number of rotatable bonds is 7. The highest BCUT2D eigenvalue weighted by molar-refractivity contribution is 6.10. The van der Waals surface area contributed by atoms with Crippen LogP contribution in [-0.2, 0) is 0 Å². The normalized spacial score (nSPS) is 14.6. The van der Waals surface area contributed by atoms with E-state index in [-0.39, 0.29) is 28.9 Å². The molecule has 0 radical (unpaired) electrons. The highest BCUT2D eigenvalue weighted by atomic mass is 19.1. The van der Waals surface area contributed by atoms with Crippen LogP contribution in [-0.4, -0.2) is 26.7 Å². The number of carbonyl (C=O) groups is 1. The molecule has 4 aromatic rings. The van der Waals surface area contributed by atoms with Gasteiger partial charge in [0.25, 0.3) is 5.91 Å². The molecule has 0 aliphatic carbocycles. The van der Waals surface area contributed by atoms with E-state index < -0.39 is 23.2 Å². The summed E-state index contributed by atoms with van der Waals surface area (Å²) in [5.74, 6) is 0.247. The number of nitrogens with zero attached hydrogens (tertiary/aromatic N) is 1. The maximum absolute atomic E-state index is 14.0. The Morgan fingerprint density at radius 2 is 1.86 bits per heavy atom. The number of anilines is 1. The first-order valence-corrected chi connectivity index (χ1v) is 11.1. The number of methoxy groups -OCH3 is 2. The zero-order valence-corrected chi connectivity index (χ0v) is 19.6. The molecule has 0 bridgehead atoms. The van der Waals surface area contributed by atoms with Gasteiger partial charge in [-0.3, -0.25) is 14.5 Å². The summed E-state index contributed by atoms with van der Waals surface area (Å²) < 4.78 is 36.4. The molecule has 1 amide bonds. The van der Waals surface area contributed by atoms with Crippen molar-refractivity contribution in [3.63, 3.8) is 0 Å². The highest BCUT2D eigenvalue weighted by Gasteiger charge is 2.44. The lowest BCUT2D eigenvalue weighted by atomic mass is 9.97. The lowest BCUT2D eigenvalue weighted by Crippen LogP contribution is -2.29. The Labute approximate surface area is 205 Å². The summed E-state index contributed by atoms with van der Waals surface area (Å²) in [6.45, 7) is 3.93. The van der Waals surface area contributed by atoms with Crippen molar-refractivity contribution in [2.75, 3.05) is 25.7 Å². The molecule has 3 aromatic carbocycles. The maximum Gasteiger partial charge on any atom is 0.295 e. The number of halogens is 1. The molecule has 1 aliphatic heterocycles. The molecule has 1 unspecified atom stereocenters. The molecule has 0 saturated heterocycles. The van der Waals surface area contributed by atoms with Crippen molar-refractivity contribution in [2.45, 2.75) is 6.04 Å². The molecule has 36 heavy (non-hydrogen) atoms. The van der Waals surface area contributed by atoms with Gasteiger partial charge in [-0.05, 0) is 48.0 Å². The van der Waals surface area contributed by atoms with E-state index in [1.165, 1.54) is 31.3 Å². The van der Waals surface area contributed by atoms with Crippen LogP contribution in [0.25, 0.3) is 11.0 Å². The van der Waals surface area contributed by atoms with Crippen molar-refractivity contribution in [2.24, 2.45) is 0 Å². The Balaban J connectivity index is 1.76. The van der Waals surface area contributed by atoms with Crippen molar-refractivity contribution in [3.8, 4) is 17.2 Å². The number of hydrogen-bond acceptors (Lipinski definition) is 6. The molecule has 1 aromatic heterocycles. The molecule has 1 aliphatic rings. The molecule has 8 heteroatoms. The van der Waals surface area contributed by atoms with Crippen molar-refractivity contribution in [1.82, 2.24) is 0 Å². The minimum atomic E-state index is -0.870. The van der Waals surface area contributed by atoms with E-state index in [0.29, 0.717) is 28.5 Å². The fraction of sp³-hybridized carbons (Fsp3) is 0.143. The predicted octanol–water partition coefficient (Wildman–Crippen LogP) is 5.26. The Morgan fingerprint density at radius 1 is 1.03 bits per heavy atom. The van der Waals surface area contributed by atoms with Crippen LogP contribution in [0, 0.1) is 5.82 Å². The second-order valence-corrected chi connectivity index (χ2v) is 8.10. The van der Waals surface area contributed by atoms with Gasteiger partial charge in [-0.1, -0.05) is 24.8 Å². The second-order valence-electron chi connectivity index (χ2n) is 8.10. The molecule has 0 saturated carbocycles. The van der Waals surface area contributed by atoms with E-state index in [1.54, 1.807) is 48.5 Å². The van der Waals surface area contributed by atoms with Gasteiger partial charge in [0.05, 0.1) is 31.2 Å². The summed E-state index contributed by atoms with van der Waals surface area (Å²) in [6.07, 6.45) is 1.61. The van der Waals surface area contributed by atoms with E-state index in [9.17, 15) is 14.0 Å². The van der Waals surface area contributed by atoms with Crippen LogP contribution in [0.3, 0.4) is 0 Å². The van der Waals surface area contributed by atoms with Crippen LogP contribution in [0.1, 0.15) is 27.7 Å². The number of carbonyl (C=O) groups excluding carboxylic acids is 1. The molecule has 7 nitrogen and oxygen atoms in total. The van der Waals surface area contributed by atoms with Gasteiger partial charge in [0.2, 0.25) is 5.76 Å². The van der Waals surface area contributed by atoms with E-state index in [4.69, 9.17) is 18.6 Å². The number of fused-ring (bicyclic) bond motifs is 2. The van der Waals surface area contributed by atoms with E-state index >= 15 is 0 Å². The summed E-state index contributed by atoms with van der Waals surface area (Å²) in [5.41, 5.74) is 0.834. The lowest BCUT2D eigenvalue weighted by molar-refractivity contribution is 0.0971. The summed E-state index contributed by atoms with van der Waals surface area (Å²) in [5, 5.41) is 0.0527. The van der Waals surface area contributed by atoms with Gasteiger partial charge in [0, 0.05) is 11.8 Å². The molecule has 5 rings (SSSR count). The van der Waals surface area contributed by atoms with Gasteiger partial charge in [-0.2, -0.15) is 0 Å². The average molecular weight is 487 g/mol. The molecule has 1 atom stereocenters. The zero-order chi connectivity index (χ0) is 25.4. The fourth-order valence-electron chi connectivity index (χ4n) is 4.41. The van der Waals surface area contributed by atoms with Gasteiger partial charge >= 0.3 is 0 Å². The monoisotopic (exact) mass is 487 g/mol. The van der Waals surface area contributed by atoms with Crippen molar-refractivity contribution in [3.05, 3.63) is 106 Å². The fourth-order valence-corrected chi connectivity index (χ4v) is 4.41. The van der Waals surface area contributed by atoms with Crippen molar-refractivity contribution >= 4 is 22.6 Å². The quantitative estimate of drug-likeness (QED) is 0.331. The van der Waals surface area contributed by atoms with Gasteiger partial charge in [-0.15, -0.1) is 0 Å². The van der Waals surface area contributed by atoms with Crippen molar-refractivity contribution < 1.29 is 27.8 Å². The molecule has 0 fully saturated rings. The van der Waals surface area contributed by atoms with Crippen LogP contribution < -0.4 is 24.5 Å². The highest BCUT2D eigenvalue weighted by Crippen LogP contribution is 2.43. The van der Waals surface area contributed by atoms with Gasteiger partial charge in [-0.25, -0.2) is 4.39 Å². The molecular formula is C28H22FNO6. The Morgan fingerprint density at radius 3 is 2.61 bits per heavy atom. The third-order valence-corrected chi connectivity index (χ3v) is 6.02. The van der Waals surface area contributed by atoms with Gasteiger partial charge < -0.3 is 18.6 Å². The smallest absolute Gasteiger partial charge is 0.295 e. The van der Waals surface area contributed by atoms with Crippen LogP contribution >= 0.6 is 0 Å². The van der Waals surface area contributed by atoms with Crippen molar-refractivity contribution in [1.29, 1.82) is 0 Å². The predicted molar refractivity (Wildman–Crippen MR) is 133 cm³/mol. The van der Waals surface area contributed by atoms with E-state index in [1.807, 2.05) is 0 Å². The number of benzene rings is 3. The summed E-state index contributed by atoms with van der Waals surface area (Å²) in [7, 11) is 3.02. The third-order valence-electron chi connectivity index (χ3n) is 6.02. The first-order valence-electron chi connectivity index (χ1n) is 11.1. The molecule has 0 spiro atoms. The first-order chi connectivity index (χ1) is 17.5. The molecule has 0 N–H and O–H groups in total. The SMILES string of the molecule is C=CCOc1ccc(C2c3c(oc4ccc(F)cc4c3=O)C(=O)N2c2cccc(OC)c2)cc1OC. The van der Waals surface area contributed by atoms with Crippen LogP contribution in [0.4, 0.5) is 10.1 Å². The lowest BCUT2D eigenvalue weighted by Gasteiger charge is -2.26. The summed E-state index contributed by atoms with van der Waals surface area (Å²) >= 11 is 0. The minimum absolute atomic E-state index is 0.0527. The van der Waals surface area contributed by atoms with Crippen LogP contribution in [0.5, 0.6) is 17.2 Å². The molecule has 182 valence electrons. The maximum atomic E-state index is 14.0. The summed E-state index contributed by atoms with van der Waals surface area (Å²) in [6, 6.07) is 14.9. The van der Waals surface area contributed by atoms with Gasteiger partial charge in [0.15, 0.2) is 16.9 Å². The topological polar surface area (TPSA) is 78.2 Å². The van der Waals surface area contributed by atoms with E-state index in [2.05, 4.69) is 6.58 Å². The zero-order valence-electron chi connectivity index (χ0n) is 19.6.